The van der Waals surface area contributed by atoms with E-state index in [9.17, 15) is 9.13 Å². The molecule has 0 spiro atoms. The Morgan fingerprint density at radius 2 is 1.03 bits per heavy atom. The highest BCUT2D eigenvalue weighted by Gasteiger charge is 2.20. The molecule has 0 aliphatic carbocycles. The maximum absolute atomic E-state index is 11.2. The largest absolute Gasteiger partial charge is 0.469 e. The molecule has 0 radical (unpaired) electrons. The summed E-state index contributed by atoms with van der Waals surface area (Å²) in [7, 11) is -7.72. The van der Waals surface area contributed by atoms with Crippen molar-refractivity contribution in [3.05, 3.63) is 0 Å². The molecule has 31 heavy (non-hydrogen) atoms. The van der Waals surface area contributed by atoms with Crippen molar-refractivity contribution in [3.63, 3.8) is 0 Å². The van der Waals surface area contributed by atoms with E-state index in [1.165, 1.54) is 6.66 Å². The van der Waals surface area contributed by atoms with Crippen molar-refractivity contribution in [1.82, 2.24) is 0 Å². The minimum Gasteiger partial charge on any atom is -0.381 e. The lowest BCUT2D eigenvalue weighted by molar-refractivity contribution is 0.118. The van der Waals surface area contributed by atoms with Crippen LogP contribution in [0.2, 0.25) is 0 Å². The van der Waals surface area contributed by atoms with Crippen molar-refractivity contribution in [2.75, 3.05) is 33.1 Å². The van der Waals surface area contributed by atoms with Gasteiger partial charge in [-0.1, -0.05) is 47.0 Å². The summed E-state index contributed by atoms with van der Waals surface area (Å²) in [5.41, 5.74) is 0.293. The summed E-state index contributed by atoms with van der Waals surface area (Å²) < 4.78 is 37.0. The molecule has 0 aliphatic heterocycles. The fourth-order valence-electron chi connectivity index (χ4n) is 3.35. The number of unbranched alkanes of at least 4 members (excludes halogenated alkanes) is 3. The second-order valence-electron chi connectivity index (χ2n) is 10.0. The molecule has 188 valence electrons. The Morgan fingerprint density at radius 3 is 1.45 bits per heavy atom. The lowest BCUT2D eigenvalue weighted by Crippen LogP contribution is -2.14. The molecule has 0 aromatic rings. The Balaban J connectivity index is 3.63. The summed E-state index contributed by atoms with van der Waals surface area (Å²) in [6, 6.07) is 0. The zero-order valence-corrected chi connectivity index (χ0v) is 22.0. The molecule has 0 heterocycles. The van der Waals surface area contributed by atoms with Gasteiger partial charge in [0.2, 0.25) is 0 Å². The van der Waals surface area contributed by atoms with Gasteiger partial charge in [-0.3, -0.25) is 9.09 Å². The van der Waals surface area contributed by atoms with Crippen LogP contribution in [0.1, 0.15) is 91.9 Å². The van der Waals surface area contributed by atoms with Crippen LogP contribution in [0.25, 0.3) is 0 Å². The number of rotatable bonds is 20. The molecule has 1 unspecified atom stereocenters. The highest BCUT2D eigenvalue weighted by atomic mass is 31.2. The highest BCUT2D eigenvalue weighted by Crippen LogP contribution is 2.38. The van der Waals surface area contributed by atoms with Crippen molar-refractivity contribution in [3.8, 4) is 0 Å². The molecule has 1 atom stereocenters. The molecule has 0 amide bonds. The number of ether oxygens (including phenoxy) is 1. The molecule has 0 saturated heterocycles. The van der Waals surface area contributed by atoms with Crippen LogP contribution in [-0.4, -0.2) is 47.8 Å². The van der Waals surface area contributed by atoms with E-state index in [4.69, 9.17) is 23.9 Å². The van der Waals surface area contributed by atoms with Crippen LogP contribution in [-0.2, 0) is 22.9 Å². The predicted octanol–water partition coefficient (Wildman–Crippen LogP) is 5.90. The first kappa shape index (κ1) is 31.2. The molecule has 3 N–H and O–H groups in total. The first-order valence-corrected chi connectivity index (χ1v) is 14.9. The van der Waals surface area contributed by atoms with E-state index in [2.05, 4.69) is 32.2 Å². The van der Waals surface area contributed by atoms with Gasteiger partial charge >= 0.3 is 15.4 Å². The van der Waals surface area contributed by atoms with Gasteiger partial charge < -0.3 is 23.9 Å². The van der Waals surface area contributed by atoms with Crippen molar-refractivity contribution in [2.45, 2.75) is 91.9 Å². The predicted molar refractivity (Wildman–Crippen MR) is 124 cm³/mol. The average molecular weight is 489 g/mol. The van der Waals surface area contributed by atoms with E-state index < -0.39 is 15.4 Å². The number of phosphoric acid groups is 1. The molecule has 0 aliphatic rings. The number of hydrogen-bond donors (Lipinski definition) is 3. The van der Waals surface area contributed by atoms with Crippen molar-refractivity contribution >= 4 is 15.4 Å². The first-order chi connectivity index (χ1) is 14.1. The number of hydrogen-bond acceptors (Lipinski definition) is 5. The van der Waals surface area contributed by atoms with Crippen molar-refractivity contribution < 1.29 is 37.6 Å². The summed E-state index contributed by atoms with van der Waals surface area (Å²) in [4.78, 5) is 26.5. The molecule has 8 nitrogen and oxygen atoms in total. The summed E-state index contributed by atoms with van der Waals surface area (Å²) >= 11 is 0. The van der Waals surface area contributed by atoms with Gasteiger partial charge in [0.15, 0.2) is 0 Å². The third-order valence-electron chi connectivity index (χ3n) is 5.40. The Bertz CT molecular complexity index is 554. The van der Waals surface area contributed by atoms with Gasteiger partial charge in [-0.25, -0.2) is 4.57 Å². The van der Waals surface area contributed by atoms with Crippen LogP contribution in [0.15, 0.2) is 0 Å². The van der Waals surface area contributed by atoms with E-state index >= 15 is 0 Å². The van der Waals surface area contributed by atoms with Gasteiger partial charge in [0.05, 0.1) is 13.2 Å². The fourth-order valence-corrected chi connectivity index (χ4v) is 4.14. The summed E-state index contributed by atoms with van der Waals surface area (Å²) in [6.45, 7) is 11.9. The van der Waals surface area contributed by atoms with Gasteiger partial charge in [-0.05, 0) is 55.8 Å². The van der Waals surface area contributed by atoms with E-state index in [1.54, 1.807) is 0 Å². The molecule has 10 heteroatoms. The Morgan fingerprint density at radius 1 is 0.613 bits per heavy atom. The molecular formula is C21H46O8P2. The Kier molecular flexibility index (Phi) is 15.3. The van der Waals surface area contributed by atoms with Crippen molar-refractivity contribution in [1.29, 1.82) is 0 Å². The Labute approximate surface area is 189 Å². The van der Waals surface area contributed by atoms with Crippen LogP contribution in [0.4, 0.5) is 0 Å². The zero-order valence-electron chi connectivity index (χ0n) is 20.2. The monoisotopic (exact) mass is 488 g/mol. The lowest BCUT2D eigenvalue weighted by atomic mass is 9.82. The van der Waals surface area contributed by atoms with E-state index in [0.29, 0.717) is 13.0 Å². The van der Waals surface area contributed by atoms with Crippen LogP contribution < -0.4 is 0 Å². The van der Waals surface area contributed by atoms with Gasteiger partial charge in [-0.15, -0.1) is 0 Å². The van der Waals surface area contributed by atoms with Gasteiger partial charge in [0.25, 0.3) is 0 Å². The molecule has 0 saturated carbocycles. The molecule has 0 bridgehead atoms. The minimum absolute atomic E-state index is 0.0860. The van der Waals surface area contributed by atoms with Crippen LogP contribution in [0.3, 0.4) is 0 Å². The molecule has 0 fully saturated rings. The van der Waals surface area contributed by atoms with E-state index in [1.807, 2.05) is 0 Å². The topological polar surface area (TPSA) is 123 Å². The van der Waals surface area contributed by atoms with E-state index in [-0.39, 0.29) is 17.4 Å². The standard InChI is InChI=1S/C21H46O8P2/c1-20(2,13-8-11-18-29-31(24,25)26)12-6-9-16-27-17-10-7-14-21(3,4)15-19-28-30(5,22)23/h6-19H2,1-5H3,(H,22,23)(H2,24,25,26). The average Bonchev–Trinajstić information content (AvgIpc) is 2.57. The molecule has 0 aromatic carbocycles. The van der Waals surface area contributed by atoms with Crippen LogP contribution in [0, 0.1) is 10.8 Å². The lowest BCUT2D eigenvalue weighted by Gasteiger charge is -2.25. The third kappa shape index (κ3) is 23.2. The summed E-state index contributed by atoms with van der Waals surface area (Å²) in [5.74, 6) is 0. The van der Waals surface area contributed by atoms with Gasteiger partial charge in [-0.2, -0.15) is 0 Å². The molecule has 0 aromatic heterocycles. The van der Waals surface area contributed by atoms with Crippen molar-refractivity contribution in [2.24, 2.45) is 10.8 Å². The third-order valence-corrected chi connectivity index (χ3v) is 6.58. The molecule has 0 rings (SSSR count). The Hall–Kier alpha value is 0.220. The van der Waals surface area contributed by atoms with Crippen LogP contribution in [0.5, 0.6) is 0 Å². The van der Waals surface area contributed by atoms with E-state index in [0.717, 1.165) is 71.0 Å². The summed E-state index contributed by atoms with van der Waals surface area (Å²) in [5, 5.41) is 0. The zero-order chi connectivity index (χ0) is 24.0. The first-order valence-electron chi connectivity index (χ1n) is 11.3. The highest BCUT2D eigenvalue weighted by molar-refractivity contribution is 7.51. The SMILES string of the molecule is CC(C)(CCCCOCCCCC(C)(C)CCOP(C)(=O)O)CCCCOP(=O)(O)O. The minimum atomic E-state index is -4.34. The molecular weight excluding hydrogens is 442 g/mol. The smallest absolute Gasteiger partial charge is 0.381 e. The number of phosphoric ester groups is 1. The maximum atomic E-state index is 11.2. The second kappa shape index (κ2) is 15.2. The maximum Gasteiger partial charge on any atom is 0.469 e. The van der Waals surface area contributed by atoms with Crippen LogP contribution >= 0.6 is 15.4 Å². The normalized spacial score (nSPS) is 15.2. The quantitative estimate of drug-likeness (QED) is 0.143. The summed E-state index contributed by atoms with van der Waals surface area (Å²) in [6.07, 6.45) is 9.67. The van der Waals surface area contributed by atoms with Gasteiger partial charge in [0, 0.05) is 19.9 Å². The van der Waals surface area contributed by atoms with Gasteiger partial charge in [0.1, 0.15) is 0 Å². The fraction of sp³-hybridized carbons (Fsp3) is 1.00. The second-order valence-corrected chi connectivity index (χ2v) is 13.1.